The van der Waals surface area contributed by atoms with Gasteiger partial charge in [-0.05, 0) is 178 Å². The summed E-state index contributed by atoms with van der Waals surface area (Å²) in [6, 6.07) is -0.0106. The van der Waals surface area contributed by atoms with E-state index in [1.54, 1.807) is 27.7 Å². The maximum absolute atomic E-state index is 12.2. The zero-order chi connectivity index (χ0) is 62.0. The molecule has 3 rings (SSSR count). The Morgan fingerprint density at radius 1 is 0.598 bits per heavy atom. The van der Waals surface area contributed by atoms with Crippen LogP contribution in [0.1, 0.15) is 178 Å². The minimum absolute atomic E-state index is 0. The van der Waals surface area contributed by atoms with E-state index in [1.165, 1.54) is 44.9 Å². The highest BCUT2D eigenvalue weighted by Crippen LogP contribution is 2.21. The van der Waals surface area contributed by atoms with Crippen LogP contribution in [0.25, 0.3) is 0 Å². The molecule has 0 radical (unpaired) electrons. The van der Waals surface area contributed by atoms with Crippen molar-refractivity contribution >= 4 is 85.4 Å². The summed E-state index contributed by atoms with van der Waals surface area (Å²) in [6.07, 6.45) is 15.2. The molecular weight excluding hydrogens is 1120 g/mol. The molecule has 0 bridgehead atoms. The number of aldehydes is 1. The first-order valence-corrected chi connectivity index (χ1v) is 27.8. The van der Waals surface area contributed by atoms with Crippen LogP contribution >= 0.6 is 24.8 Å². The second kappa shape index (κ2) is 56.5. The maximum atomic E-state index is 12.2. The van der Waals surface area contributed by atoms with Gasteiger partial charge in [0.2, 0.25) is 0 Å². The van der Waals surface area contributed by atoms with Crippen molar-refractivity contribution < 1.29 is 91.5 Å². The number of nitrogens with zero attached hydrogens (tertiary/aromatic N) is 3. The highest BCUT2D eigenvalue weighted by atomic mass is 35.5. The van der Waals surface area contributed by atoms with Gasteiger partial charge >= 0.3 is 54.3 Å². The number of carbonyl (C=O) groups excluding carboxylic acids is 11. The van der Waals surface area contributed by atoms with E-state index in [-0.39, 0.29) is 92.5 Å². The quantitative estimate of drug-likeness (QED) is 0.0290. The first-order chi connectivity index (χ1) is 37.7. The van der Waals surface area contributed by atoms with Gasteiger partial charge < -0.3 is 65.0 Å². The number of hydrogen-bond donors (Lipinski definition) is 5. The second-order valence-corrected chi connectivity index (χ2v) is 20.6. The normalized spacial score (nSPS) is 16.3. The van der Waals surface area contributed by atoms with Gasteiger partial charge in [0.25, 0.3) is 0 Å². The largest absolute Gasteiger partial charge is 0.481 e. The summed E-state index contributed by atoms with van der Waals surface area (Å²) in [5, 5.41) is 23.7. The number of carbonyl (C=O) groups is 7. The van der Waals surface area contributed by atoms with Gasteiger partial charge in [-0.1, -0.05) is 13.8 Å². The summed E-state index contributed by atoms with van der Waals surface area (Å²) < 4.78 is 20.3. The lowest BCUT2D eigenvalue weighted by atomic mass is 10.1. The Bertz CT molecular complexity index is 1770. The predicted molar refractivity (Wildman–Crippen MR) is 304 cm³/mol. The zero-order valence-electron chi connectivity index (χ0n) is 50.3. The molecule has 25 nitrogen and oxygen atoms in total. The van der Waals surface area contributed by atoms with E-state index in [2.05, 4.69) is 39.2 Å². The lowest BCUT2D eigenvalue weighted by molar-refractivity contribution is -0.193. The molecular formula is C55H100Cl2N6O19. The summed E-state index contributed by atoms with van der Waals surface area (Å²) in [7, 11) is 0. The number of carboxylic acids is 2. The van der Waals surface area contributed by atoms with E-state index in [0.717, 1.165) is 58.7 Å². The molecule has 82 heavy (non-hydrogen) atoms. The molecule has 0 amide bonds. The molecule has 3 aliphatic heterocycles. The van der Waals surface area contributed by atoms with Crippen molar-refractivity contribution in [1.29, 1.82) is 0 Å². The van der Waals surface area contributed by atoms with E-state index in [4.69, 9.17) is 63.7 Å². The molecule has 0 unspecified atom stereocenters. The number of halogens is 2. The fourth-order valence-corrected chi connectivity index (χ4v) is 8.43. The molecule has 27 heteroatoms. The molecule has 0 spiro atoms. The summed E-state index contributed by atoms with van der Waals surface area (Å²) >= 11 is 0. The number of likely N-dealkylation sites (tertiary alicyclic amines) is 3. The number of esters is 4. The first-order valence-electron chi connectivity index (χ1n) is 27.8. The highest BCUT2D eigenvalue weighted by Gasteiger charge is 2.27. The molecule has 0 aliphatic carbocycles. The molecule has 3 fully saturated rings. The fraction of sp³-hybridized carbons (Fsp3) is 0.818. The third-order valence-corrected chi connectivity index (χ3v) is 12.0. The Morgan fingerprint density at radius 3 is 1.40 bits per heavy atom. The Hall–Kier alpha value is -5.03. The smallest absolute Gasteiger partial charge is 0.373 e. The number of rotatable bonds is 29. The van der Waals surface area contributed by atoms with E-state index in [9.17, 15) is 33.6 Å². The second-order valence-electron chi connectivity index (χ2n) is 20.6. The lowest BCUT2D eigenvalue weighted by Crippen LogP contribution is -2.42. The van der Waals surface area contributed by atoms with Crippen molar-refractivity contribution in [3.8, 4) is 0 Å². The van der Waals surface area contributed by atoms with Gasteiger partial charge in [-0.15, -0.1) is 24.8 Å². The van der Waals surface area contributed by atoms with Gasteiger partial charge in [-0.2, -0.15) is 28.8 Å². The van der Waals surface area contributed by atoms with E-state index in [1.807, 2.05) is 27.7 Å². The molecule has 3 aliphatic rings. The van der Waals surface area contributed by atoms with Gasteiger partial charge in [0.1, 0.15) is 35.6 Å². The fourth-order valence-electron chi connectivity index (χ4n) is 8.43. The maximum Gasteiger partial charge on any atom is 0.373 e. The van der Waals surface area contributed by atoms with Crippen LogP contribution in [0.4, 0.5) is 0 Å². The third-order valence-electron chi connectivity index (χ3n) is 12.0. The molecule has 0 aromatic carbocycles. The van der Waals surface area contributed by atoms with Crippen LogP contribution in [0.2, 0.25) is 0 Å². The summed E-state index contributed by atoms with van der Waals surface area (Å²) in [4.78, 5) is 133. The summed E-state index contributed by atoms with van der Waals surface area (Å²) in [5.74, 6) is -2.68. The molecule has 3 heterocycles. The molecule has 5 atom stereocenters. The first kappa shape index (κ1) is 88.2. The van der Waals surface area contributed by atoms with Crippen molar-refractivity contribution in [3.63, 3.8) is 0 Å². The van der Waals surface area contributed by atoms with Crippen LogP contribution in [0.15, 0.2) is 0 Å². The van der Waals surface area contributed by atoms with Crippen LogP contribution in [0.3, 0.4) is 0 Å². The third kappa shape index (κ3) is 54.2. The van der Waals surface area contributed by atoms with Crippen LogP contribution in [0, 0.1) is 0 Å². The highest BCUT2D eigenvalue weighted by molar-refractivity contribution is 5.85. The average molecular weight is 1220 g/mol. The van der Waals surface area contributed by atoms with E-state index < -0.39 is 35.2 Å². The minimum atomic E-state index is -0.857. The van der Waals surface area contributed by atoms with Gasteiger partial charge in [-0.3, -0.25) is 28.8 Å². The lowest BCUT2D eigenvalue weighted by Gasteiger charge is -2.25. The predicted octanol–water partition coefficient (Wildman–Crippen LogP) is 4.82. The average Bonchev–Trinajstić information content (AvgIpc) is 4.18. The van der Waals surface area contributed by atoms with E-state index >= 15 is 0 Å². The standard InChI is InChI=1S/C20H38N2O4.C12H22N2O4.C12H24N2O2.C8H14O3.3CO2.2ClH/c1-6-16-10-9-14-22(16)15-12-17(19(24)25-7-2)21-13-8-11-18(23)26-20(3,4)5;15-11(16)4-3-6-13-10(12(17)18)5-9-14-7-1-2-8-14;1-3-10-6-5-8-14(10)9-7-11(13)12(15)16-4-2;1-8(2,3)11-7(10)5-4-6-9;3*2-1-3;;/h16-17,21H,6-15H2,1-5H3;10,13H,1-9H2,(H,15,16)(H,17,18);10-11H,3-9,13H2,1-2H3;6H,4-5H2,1-3H3;;;;2*1H/t16-,17+;10-;10-,11+;;;;;;/m101....../s1. The van der Waals surface area contributed by atoms with Gasteiger partial charge in [0.15, 0.2) is 0 Å². The Balaban J connectivity index is -0.000000229. The number of ether oxygens (including phenoxy) is 4. The number of nitrogens with one attached hydrogen (secondary N) is 2. The minimum Gasteiger partial charge on any atom is -0.481 e. The molecule has 478 valence electrons. The molecule has 0 aromatic rings. The van der Waals surface area contributed by atoms with Crippen LogP contribution < -0.4 is 16.4 Å². The van der Waals surface area contributed by atoms with Crippen LogP contribution in [-0.4, -0.2) is 199 Å². The Morgan fingerprint density at radius 2 is 1.00 bits per heavy atom. The monoisotopic (exact) mass is 1220 g/mol. The van der Waals surface area contributed by atoms with Crippen LogP contribution in [0.5, 0.6) is 0 Å². The topological polar surface area (TPSA) is 359 Å². The SMILES string of the molecule is CC(C)(C)OC(=O)CCC=O.CCOC(=O)[C@@H](N)CCN1CCC[C@H]1CC.CCOC(=O)[C@H](CCN1CCC[C@H]1CC)NCCCC(=O)OC(C)(C)C.Cl.Cl.O=C(O)CCCN[C@@H](CCN1CCCC1)C(=O)O.O=C=O.O=C=O.O=C=O. The van der Waals surface area contributed by atoms with Crippen LogP contribution in [-0.2, 0) is 81.3 Å². The number of aliphatic carboxylic acids is 2. The van der Waals surface area contributed by atoms with Crippen molar-refractivity contribution in [2.45, 2.75) is 220 Å². The summed E-state index contributed by atoms with van der Waals surface area (Å²) in [5.41, 5.74) is 4.87. The molecule has 3 saturated heterocycles. The molecule has 0 saturated carbocycles. The molecule has 0 aromatic heterocycles. The Kier molecular flexibility index (Phi) is 60.7. The van der Waals surface area contributed by atoms with Crippen molar-refractivity contribution in [2.75, 3.05) is 72.1 Å². The van der Waals surface area contributed by atoms with E-state index in [0.29, 0.717) is 76.8 Å². The molecule has 6 N–H and O–H groups in total. The van der Waals surface area contributed by atoms with Gasteiger partial charge in [0, 0.05) is 51.0 Å². The number of nitrogens with two attached hydrogens (primary N) is 1. The number of carboxylic acid groups (broad SMARTS) is 2. The van der Waals surface area contributed by atoms with Crippen molar-refractivity contribution in [2.24, 2.45) is 5.73 Å². The summed E-state index contributed by atoms with van der Waals surface area (Å²) in [6.45, 7) is 27.9. The number of hydrogen-bond acceptors (Lipinski definition) is 23. The Labute approximate surface area is 498 Å². The van der Waals surface area contributed by atoms with Crippen molar-refractivity contribution in [3.05, 3.63) is 0 Å². The van der Waals surface area contributed by atoms with Gasteiger partial charge in [-0.25, -0.2) is 0 Å². The van der Waals surface area contributed by atoms with Crippen molar-refractivity contribution in [1.82, 2.24) is 25.3 Å². The zero-order valence-corrected chi connectivity index (χ0v) is 52.0. The van der Waals surface area contributed by atoms with Gasteiger partial charge in [0.05, 0.1) is 19.6 Å².